The first kappa shape index (κ1) is 30.3. The van der Waals surface area contributed by atoms with Gasteiger partial charge in [0, 0.05) is 6.92 Å². The van der Waals surface area contributed by atoms with E-state index in [9.17, 15) is 14.4 Å². The topological polar surface area (TPSA) is 103 Å². The Hall–Kier alpha value is -3.16. The molecular weight excluding hydrogens is 532 g/mol. The molecule has 0 spiro atoms. The second-order valence-electron chi connectivity index (χ2n) is 13.5. The summed E-state index contributed by atoms with van der Waals surface area (Å²) >= 11 is 0. The van der Waals surface area contributed by atoms with Gasteiger partial charge in [0.15, 0.2) is 0 Å². The van der Waals surface area contributed by atoms with Crippen LogP contribution in [-0.4, -0.2) is 35.9 Å². The van der Waals surface area contributed by atoms with Crippen molar-refractivity contribution in [3.63, 3.8) is 0 Å². The molecule has 1 aromatic rings. The summed E-state index contributed by atoms with van der Waals surface area (Å²) in [6.45, 7) is 9.98. The third kappa shape index (κ3) is 6.00. The van der Waals surface area contributed by atoms with Crippen LogP contribution in [0.2, 0.25) is 0 Å². The molecule has 1 aromatic carbocycles. The highest BCUT2D eigenvalue weighted by Crippen LogP contribution is 2.66. The number of carbonyl (C=O) groups is 3. The van der Waals surface area contributed by atoms with E-state index in [2.05, 4.69) is 30.4 Å². The number of hydrogen-bond donors (Lipinski definition) is 1. The standard InChI is InChI=1S/C34H46N2O6/c1-21(36-42-31(38)22(2)35-32(39)40-20-24-9-7-6-8-10-24)28-13-14-29-27-12-11-25-19-26(41-23(3)37)15-17-33(25,4)30(27)16-18-34(28,29)5/h6-10,13,22,25-27,29-30H,11-12,14-20H2,1-5H3,(H,35,39)/b36-21+/t22-,25-,26-,27-,29-,30-,33-,34+/m0/s1. The van der Waals surface area contributed by atoms with Crippen molar-refractivity contribution in [3.05, 3.63) is 47.5 Å². The van der Waals surface area contributed by atoms with Gasteiger partial charge in [-0.1, -0.05) is 55.4 Å². The van der Waals surface area contributed by atoms with Crippen molar-refractivity contribution in [2.75, 3.05) is 0 Å². The number of carbonyl (C=O) groups excluding carboxylic acids is 3. The molecule has 8 heteroatoms. The van der Waals surface area contributed by atoms with Gasteiger partial charge in [-0.15, -0.1) is 0 Å². The number of hydrogen-bond acceptors (Lipinski definition) is 7. The van der Waals surface area contributed by atoms with Crippen molar-refractivity contribution in [3.8, 4) is 0 Å². The third-order valence-electron chi connectivity index (χ3n) is 11.1. The van der Waals surface area contributed by atoms with Crippen LogP contribution in [0.15, 0.2) is 47.1 Å². The van der Waals surface area contributed by atoms with Gasteiger partial charge in [0.2, 0.25) is 0 Å². The second-order valence-corrected chi connectivity index (χ2v) is 13.5. The number of nitrogens with zero attached hydrogens (tertiary/aromatic N) is 1. The number of esters is 1. The van der Waals surface area contributed by atoms with Crippen LogP contribution < -0.4 is 5.32 Å². The summed E-state index contributed by atoms with van der Waals surface area (Å²) in [5.41, 5.74) is 3.08. The van der Waals surface area contributed by atoms with Gasteiger partial charge in [0.1, 0.15) is 18.8 Å². The molecule has 4 aliphatic rings. The Kier molecular flexibility index (Phi) is 8.81. The van der Waals surface area contributed by atoms with Crippen molar-refractivity contribution >= 4 is 23.7 Å². The highest BCUT2D eigenvalue weighted by Gasteiger charge is 2.59. The van der Waals surface area contributed by atoms with E-state index in [0.717, 1.165) is 43.4 Å². The molecule has 3 fully saturated rings. The summed E-state index contributed by atoms with van der Waals surface area (Å²) in [6, 6.07) is 8.46. The van der Waals surface area contributed by atoms with E-state index < -0.39 is 18.1 Å². The molecule has 0 heterocycles. The Morgan fingerprint density at radius 2 is 1.79 bits per heavy atom. The molecule has 0 bridgehead atoms. The van der Waals surface area contributed by atoms with Crippen molar-refractivity contribution in [1.29, 1.82) is 0 Å². The molecule has 0 radical (unpaired) electrons. The minimum Gasteiger partial charge on any atom is -0.463 e. The molecule has 1 N–H and O–H groups in total. The highest BCUT2D eigenvalue weighted by atomic mass is 16.7. The van der Waals surface area contributed by atoms with Crippen molar-refractivity contribution in [2.45, 2.75) is 105 Å². The zero-order chi connectivity index (χ0) is 30.1. The van der Waals surface area contributed by atoms with Crippen LogP contribution in [0.5, 0.6) is 0 Å². The Bertz CT molecular complexity index is 1240. The second kappa shape index (κ2) is 12.2. The minimum absolute atomic E-state index is 0.00437. The average Bonchev–Trinajstić information content (AvgIpc) is 3.32. The molecule has 0 aliphatic heterocycles. The summed E-state index contributed by atoms with van der Waals surface area (Å²) in [5, 5.41) is 6.77. The third-order valence-corrected chi connectivity index (χ3v) is 11.1. The first-order valence-corrected chi connectivity index (χ1v) is 15.6. The highest BCUT2D eigenvalue weighted by molar-refractivity contribution is 6.00. The van der Waals surface area contributed by atoms with Gasteiger partial charge < -0.3 is 19.6 Å². The van der Waals surface area contributed by atoms with Gasteiger partial charge in [-0.2, -0.15) is 0 Å². The predicted molar refractivity (Wildman–Crippen MR) is 159 cm³/mol. The molecule has 0 unspecified atom stereocenters. The van der Waals surface area contributed by atoms with Crippen LogP contribution in [0.3, 0.4) is 0 Å². The fourth-order valence-corrected chi connectivity index (χ4v) is 8.93. The molecule has 4 aliphatic carbocycles. The Morgan fingerprint density at radius 1 is 1.02 bits per heavy atom. The summed E-state index contributed by atoms with van der Waals surface area (Å²) in [6.07, 6.45) is 10.5. The summed E-state index contributed by atoms with van der Waals surface area (Å²) in [5.74, 6) is 1.71. The molecule has 5 rings (SSSR count). The van der Waals surface area contributed by atoms with E-state index >= 15 is 0 Å². The minimum atomic E-state index is -0.895. The lowest BCUT2D eigenvalue weighted by atomic mass is 9.44. The van der Waals surface area contributed by atoms with Gasteiger partial charge in [0.25, 0.3) is 0 Å². The van der Waals surface area contributed by atoms with E-state index in [1.165, 1.54) is 31.8 Å². The summed E-state index contributed by atoms with van der Waals surface area (Å²) in [7, 11) is 0. The lowest BCUT2D eigenvalue weighted by molar-refractivity contribution is -0.158. The van der Waals surface area contributed by atoms with Crippen LogP contribution >= 0.6 is 0 Å². The molecule has 0 saturated heterocycles. The molecule has 42 heavy (non-hydrogen) atoms. The van der Waals surface area contributed by atoms with E-state index in [-0.39, 0.29) is 24.1 Å². The van der Waals surface area contributed by atoms with E-state index in [4.69, 9.17) is 14.3 Å². The van der Waals surface area contributed by atoms with Gasteiger partial charge in [-0.3, -0.25) is 4.79 Å². The zero-order valence-electron chi connectivity index (χ0n) is 25.7. The molecule has 8 atom stereocenters. The van der Waals surface area contributed by atoms with Gasteiger partial charge in [-0.05, 0) is 111 Å². The number of benzene rings is 1. The van der Waals surface area contributed by atoms with Crippen LogP contribution in [-0.2, 0) is 30.5 Å². The molecular formula is C34H46N2O6. The number of ether oxygens (including phenoxy) is 2. The quantitative estimate of drug-likeness (QED) is 0.167. The summed E-state index contributed by atoms with van der Waals surface area (Å²) in [4.78, 5) is 41.7. The fourth-order valence-electron chi connectivity index (χ4n) is 8.93. The van der Waals surface area contributed by atoms with E-state index in [0.29, 0.717) is 29.1 Å². The number of amides is 1. The molecule has 8 nitrogen and oxygen atoms in total. The summed E-state index contributed by atoms with van der Waals surface area (Å²) < 4.78 is 10.8. The van der Waals surface area contributed by atoms with Gasteiger partial charge in [0.05, 0.1) is 5.71 Å². The monoisotopic (exact) mass is 578 g/mol. The number of rotatable bonds is 7. The Balaban J connectivity index is 1.16. The number of alkyl carbamates (subject to hydrolysis) is 1. The van der Waals surface area contributed by atoms with Crippen molar-refractivity contribution in [1.82, 2.24) is 5.32 Å². The number of fused-ring (bicyclic) bond motifs is 5. The maximum Gasteiger partial charge on any atom is 0.408 e. The number of allylic oxidation sites excluding steroid dienone is 2. The Morgan fingerprint density at radius 3 is 2.52 bits per heavy atom. The van der Waals surface area contributed by atoms with E-state index in [1.807, 2.05) is 37.3 Å². The van der Waals surface area contributed by atoms with Crippen LogP contribution in [0, 0.1) is 34.5 Å². The molecule has 3 saturated carbocycles. The maximum absolute atomic E-state index is 12.6. The first-order chi connectivity index (χ1) is 20.0. The van der Waals surface area contributed by atoms with Gasteiger partial charge in [-0.25, -0.2) is 9.59 Å². The number of oxime groups is 1. The lowest BCUT2D eigenvalue weighted by Gasteiger charge is -2.60. The number of nitrogens with one attached hydrogen (secondary N) is 1. The van der Waals surface area contributed by atoms with Crippen LogP contribution in [0.25, 0.3) is 0 Å². The SMILES string of the molecule is CC(=O)O[C@H]1CC[C@@]2(C)[C@@H](CC[C@@H]3[C@@H]2CC[C@]2(C)C(/C(C)=N/OC(=O)[C@H](C)NC(=O)OCc4ccccc4)=CC[C@@H]32)C1. The first-order valence-electron chi connectivity index (χ1n) is 15.6. The average molecular weight is 579 g/mol. The van der Waals surface area contributed by atoms with Crippen molar-refractivity contribution in [2.24, 2.45) is 39.7 Å². The van der Waals surface area contributed by atoms with E-state index in [1.54, 1.807) is 6.92 Å². The predicted octanol–water partition coefficient (Wildman–Crippen LogP) is 6.73. The fraction of sp³-hybridized carbons (Fsp3) is 0.647. The van der Waals surface area contributed by atoms with Gasteiger partial charge >= 0.3 is 18.0 Å². The Labute approximate surface area is 249 Å². The normalized spacial score (nSPS) is 34.5. The smallest absolute Gasteiger partial charge is 0.408 e. The lowest BCUT2D eigenvalue weighted by Crippen LogP contribution is -2.54. The van der Waals surface area contributed by atoms with Crippen molar-refractivity contribution < 1.29 is 28.7 Å². The molecule has 1 amide bonds. The maximum atomic E-state index is 12.6. The van der Waals surface area contributed by atoms with Crippen LogP contribution in [0.1, 0.15) is 91.5 Å². The zero-order valence-corrected chi connectivity index (χ0v) is 25.7. The molecule has 0 aromatic heterocycles. The largest absolute Gasteiger partial charge is 0.463 e. The van der Waals surface area contributed by atoms with Crippen LogP contribution in [0.4, 0.5) is 4.79 Å². The molecule has 228 valence electrons.